The van der Waals surface area contributed by atoms with Crippen LogP contribution in [-0.2, 0) is 19.3 Å². The molecule has 148 valence electrons. The van der Waals surface area contributed by atoms with E-state index in [1.807, 2.05) is 4.90 Å². The van der Waals surface area contributed by atoms with Crippen molar-refractivity contribution in [3.05, 3.63) is 34.4 Å². The summed E-state index contributed by atoms with van der Waals surface area (Å²) in [6, 6.07) is 2.46. The van der Waals surface area contributed by atoms with E-state index >= 15 is 0 Å². The Morgan fingerprint density at radius 2 is 1.96 bits per heavy atom. The third-order valence-electron chi connectivity index (χ3n) is 6.27. The molecular formula is C20H24F4N2O. The number of hydrogen-bond donors (Lipinski definition) is 0. The number of carbonyl (C=O) groups excluding carboxylic acids is 1. The smallest absolute Gasteiger partial charge is 0.332 e. The van der Waals surface area contributed by atoms with Crippen molar-refractivity contribution < 1.29 is 22.4 Å². The fraction of sp³-hybridized carbons (Fsp3) is 0.650. The van der Waals surface area contributed by atoms with Crippen molar-refractivity contribution in [1.82, 2.24) is 9.80 Å². The number of halogens is 4. The van der Waals surface area contributed by atoms with E-state index < -0.39 is 17.9 Å². The minimum atomic E-state index is -4.52. The van der Waals surface area contributed by atoms with Gasteiger partial charge < -0.3 is 4.90 Å². The van der Waals surface area contributed by atoms with Crippen molar-refractivity contribution in [3.63, 3.8) is 0 Å². The number of amides is 1. The highest BCUT2D eigenvalue weighted by Crippen LogP contribution is 2.41. The van der Waals surface area contributed by atoms with Crippen LogP contribution in [0.4, 0.5) is 17.6 Å². The first-order valence-corrected chi connectivity index (χ1v) is 9.60. The summed E-state index contributed by atoms with van der Waals surface area (Å²) in [5.74, 6) is -0.350. The van der Waals surface area contributed by atoms with E-state index in [2.05, 4.69) is 0 Å². The number of hydrogen-bond acceptors (Lipinski definition) is 2. The van der Waals surface area contributed by atoms with E-state index in [1.165, 1.54) is 4.90 Å². The number of fused-ring (bicyclic) bond motifs is 3. The first-order valence-electron chi connectivity index (χ1n) is 9.60. The third kappa shape index (κ3) is 3.13. The normalized spacial score (nSPS) is 28.3. The van der Waals surface area contributed by atoms with Crippen LogP contribution >= 0.6 is 0 Å². The topological polar surface area (TPSA) is 23.6 Å². The van der Waals surface area contributed by atoms with E-state index in [0.29, 0.717) is 12.0 Å². The molecule has 1 amide bonds. The maximum Gasteiger partial charge on any atom is 0.416 e. The number of nitrogens with zero attached hydrogens (tertiary/aromatic N) is 2. The van der Waals surface area contributed by atoms with Crippen molar-refractivity contribution in [1.29, 1.82) is 0 Å². The average Bonchev–Trinajstić information content (AvgIpc) is 2.97. The predicted molar refractivity (Wildman–Crippen MR) is 92.9 cm³/mol. The second-order valence-corrected chi connectivity index (χ2v) is 8.27. The molecule has 0 spiro atoms. The lowest BCUT2D eigenvalue weighted by Gasteiger charge is -2.34. The zero-order chi connectivity index (χ0) is 19.5. The summed E-state index contributed by atoms with van der Waals surface area (Å²) in [7, 11) is 0. The molecule has 27 heavy (non-hydrogen) atoms. The van der Waals surface area contributed by atoms with Gasteiger partial charge in [-0.05, 0) is 56.4 Å². The molecular weight excluding hydrogens is 360 g/mol. The largest absolute Gasteiger partial charge is 0.416 e. The fourth-order valence-electron chi connectivity index (χ4n) is 4.93. The van der Waals surface area contributed by atoms with Crippen molar-refractivity contribution in [2.24, 2.45) is 0 Å². The summed E-state index contributed by atoms with van der Waals surface area (Å²) < 4.78 is 55.3. The van der Waals surface area contributed by atoms with E-state index in [9.17, 15) is 22.4 Å². The maximum absolute atomic E-state index is 14.2. The van der Waals surface area contributed by atoms with Gasteiger partial charge in [-0.15, -0.1) is 0 Å². The van der Waals surface area contributed by atoms with Gasteiger partial charge in [-0.1, -0.05) is 6.42 Å². The molecule has 3 atom stereocenters. The Hall–Kier alpha value is -1.63. The van der Waals surface area contributed by atoms with Crippen LogP contribution in [0.25, 0.3) is 0 Å². The van der Waals surface area contributed by atoms with Gasteiger partial charge in [-0.3, -0.25) is 9.69 Å². The van der Waals surface area contributed by atoms with Crippen LogP contribution in [0.15, 0.2) is 12.1 Å². The van der Waals surface area contributed by atoms with Crippen LogP contribution in [0.2, 0.25) is 0 Å². The van der Waals surface area contributed by atoms with Crippen molar-refractivity contribution in [2.45, 2.75) is 83.1 Å². The molecule has 0 saturated carbocycles. The minimum Gasteiger partial charge on any atom is -0.332 e. The van der Waals surface area contributed by atoms with E-state index in [-0.39, 0.29) is 48.2 Å². The second-order valence-electron chi connectivity index (χ2n) is 8.27. The van der Waals surface area contributed by atoms with Gasteiger partial charge in [-0.2, -0.15) is 13.2 Å². The van der Waals surface area contributed by atoms with Gasteiger partial charge in [0, 0.05) is 36.8 Å². The molecule has 3 nitrogen and oxygen atoms in total. The Kier molecular flexibility index (Phi) is 4.48. The molecule has 1 aromatic rings. The van der Waals surface area contributed by atoms with Gasteiger partial charge in [0.2, 0.25) is 0 Å². The van der Waals surface area contributed by atoms with Gasteiger partial charge in [0.1, 0.15) is 6.17 Å². The highest BCUT2D eigenvalue weighted by molar-refractivity contribution is 5.99. The van der Waals surface area contributed by atoms with Crippen LogP contribution < -0.4 is 0 Å². The second kappa shape index (κ2) is 6.47. The van der Waals surface area contributed by atoms with E-state index in [4.69, 9.17) is 0 Å². The van der Waals surface area contributed by atoms with Crippen molar-refractivity contribution >= 4 is 5.91 Å². The lowest BCUT2D eigenvalue weighted by molar-refractivity contribution is -0.138. The molecule has 3 aliphatic heterocycles. The Morgan fingerprint density at radius 1 is 1.22 bits per heavy atom. The SMILES string of the molecule is CC(C)N1Cc2c(cc(CN3C4CCCC3C(F)C4)cc2C(F)(F)F)C1=O. The number of benzene rings is 1. The third-order valence-corrected chi connectivity index (χ3v) is 6.27. The Labute approximate surface area is 156 Å². The quantitative estimate of drug-likeness (QED) is 0.715. The summed E-state index contributed by atoms with van der Waals surface area (Å²) in [5, 5.41) is 0. The molecule has 1 aromatic carbocycles. The predicted octanol–water partition coefficient (Wildman–Crippen LogP) is 4.53. The average molecular weight is 384 g/mol. The number of carbonyl (C=O) groups is 1. The molecule has 3 unspecified atom stereocenters. The number of alkyl halides is 4. The molecule has 2 fully saturated rings. The summed E-state index contributed by atoms with van der Waals surface area (Å²) in [5.41, 5.74) is -0.0664. The molecule has 0 aromatic heterocycles. The zero-order valence-electron chi connectivity index (χ0n) is 15.5. The molecule has 2 bridgehead atoms. The summed E-state index contributed by atoms with van der Waals surface area (Å²) in [6.45, 7) is 3.85. The number of piperidine rings is 1. The molecule has 0 N–H and O–H groups in total. The Morgan fingerprint density at radius 3 is 2.59 bits per heavy atom. The van der Waals surface area contributed by atoms with Gasteiger partial charge in [0.15, 0.2) is 0 Å². The lowest BCUT2D eigenvalue weighted by Crippen LogP contribution is -2.40. The molecule has 3 aliphatic rings. The Balaban J connectivity index is 1.70. The highest BCUT2D eigenvalue weighted by Gasteiger charge is 2.45. The van der Waals surface area contributed by atoms with Crippen molar-refractivity contribution in [2.75, 3.05) is 0 Å². The van der Waals surface area contributed by atoms with Gasteiger partial charge >= 0.3 is 6.18 Å². The summed E-state index contributed by atoms with van der Waals surface area (Å²) in [4.78, 5) is 16.1. The molecule has 2 saturated heterocycles. The molecule has 3 heterocycles. The standard InChI is InChI=1S/C20H24F4N2O/c1-11(2)25-10-15-14(19(25)27)6-12(7-16(15)20(22,23)24)9-26-13-4-3-5-18(26)17(21)8-13/h6-7,11,13,17-18H,3-5,8-10H2,1-2H3. The highest BCUT2D eigenvalue weighted by atomic mass is 19.4. The molecule has 0 radical (unpaired) electrons. The van der Waals surface area contributed by atoms with E-state index in [1.54, 1.807) is 19.9 Å². The fourth-order valence-corrected chi connectivity index (χ4v) is 4.93. The first kappa shape index (κ1) is 18.7. The molecule has 7 heteroatoms. The van der Waals surface area contributed by atoms with Crippen LogP contribution in [0.3, 0.4) is 0 Å². The van der Waals surface area contributed by atoms with Crippen LogP contribution in [0, 0.1) is 0 Å². The van der Waals surface area contributed by atoms with Crippen LogP contribution in [0.1, 0.15) is 66.6 Å². The minimum absolute atomic E-state index is 0.0114. The van der Waals surface area contributed by atoms with E-state index in [0.717, 1.165) is 25.3 Å². The molecule has 4 rings (SSSR count). The van der Waals surface area contributed by atoms with Crippen LogP contribution in [0.5, 0.6) is 0 Å². The lowest BCUT2D eigenvalue weighted by atomic mass is 9.97. The van der Waals surface area contributed by atoms with Gasteiger partial charge in [0.05, 0.1) is 5.56 Å². The summed E-state index contributed by atoms with van der Waals surface area (Å²) >= 11 is 0. The van der Waals surface area contributed by atoms with Gasteiger partial charge in [-0.25, -0.2) is 4.39 Å². The molecule has 0 aliphatic carbocycles. The first-order chi connectivity index (χ1) is 12.7. The van der Waals surface area contributed by atoms with Crippen molar-refractivity contribution in [3.8, 4) is 0 Å². The van der Waals surface area contributed by atoms with Crippen LogP contribution in [-0.4, -0.2) is 40.0 Å². The van der Waals surface area contributed by atoms with Gasteiger partial charge in [0.25, 0.3) is 5.91 Å². The summed E-state index contributed by atoms with van der Waals surface area (Å²) in [6.07, 6.45) is -2.37. The zero-order valence-corrected chi connectivity index (χ0v) is 15.5. The number of rotatable bonds is 3. The maximum atomic E-state index is 14.2. The Bertz CT molecular complexity index is 761. The monoisotopic (exact) mass is 384 g/mol.